The van der Waals surface area contributed by atoms with Gasteiger partial charge in [0.05, 0.1) is 0 Å². The minimum atomic E-state index is -0.812. The average molecular weight is 251 g/mol. The lowest BCUT2D eigenvalue weighted by molar-refractivity contribution is -0.137. The van der Waals surface area contributed by atoms with Crippen LogP contribution in [0, 0.1) is 0 Å². The van der Waals surface area contributed by atoms with Crippen LogP contribution in [0.25, 0.3) is 0 Å². The van der Waals surface area contributed by atoms with Gasteiger partial charge in [-0.05, 0) is 31.5 Å². The molecule has 0 bridgehead atoms. The number of carboxylic acid groups (broad SMARTS) is 1. The summed E-state index contributed by atoms with van der Waals surface area (Å²) >= 11 is 0. The predicted molar refractivity (Wildman–Crippen MR) is 69.6 cm³/mol. The number of primary amides is 1. The second-order valence-electron chi connectivity index (χ2n) is 4.05. The summed E-state index contributed by atoms with van der Waals surface area (Å²) in [5.74, 6) is -0.812. The summed E-state index contributed by atoms with van der Waals surface area (Å²) in [7, 11) is 0. The van der Waals surface area contributed by atoms with Crippen LogP contribution in [0.2, 0.25) is 0 Å². The van der Waals surface area contributed by atoms with Crippen molar-refractivity contribution < 1.29 is 14.7 Å². The summed E-state index contributed by atoms with van der Waals surface area (Å²) < 4.78 is 0. The molecule has 0 saturated carbocycles. The number of carboxylic acids is 1. The van der Waals surface area contributed by atoms with Crippen LogP contribution in [-0.4, -0.2) is 23.1 Å². The molecule has 1 rings (SSSR count). The molecule has 6 heteroatoms. The van der Waals surface area contributed by atoms with Gasteiger partial charge in [-0.3, -0.25) is 4.79 Å². The third-order valence-corrected chi connectivity index (χ3v) is 2.33. The summed E-state index contributed by atoms with van der Waals surface area (Å²) in [6, 6.07) is 6.48. The Morgan fingerprint density at radius 1 is 1.39 bits per heavy atom. The fourth-order valence-corrected chi connectivity index (χ4v) is 1.53. The van der Waals surface area contributed by atoms with E-state index in [1.54, 1.807) is 18.2 Å². The second-order valence-corrected chi connectivity index (χ2v) is 4.05. The summed E-state index contributed by atoms with van der Waals surface area (Å²) in [5.41, 5.74) is 6.42. The van der Waals surface area contributed by atoms with Gasteiger partial charge in [0.15, 0.2) is 0 Å². The number of urea groups is 1. The quantitative estimate of drug-likeness (QED) is 0.619. The van der Waals surface area contributed by atoms with Crippen LogP contribution >= 0.6 is 0 Å². The molecule has 1 unspecified atom stereocenters. The number of nitrogens with one attached hydrogen (secondary N) is 2. The van der Waals surface area contributed by atoms with Crippen molar-refractivity contribution in [3.8, 4) is 0 Å². The van der Waals surface area contributed by atoms with Crippen molar-refractivity contribution in [2.45, 2.75) is 25.8 Å². The summed E-state index contributed by atoms with van der Waals surface area (Å²) in [5, 5.41) is 14.2. The zero-order valence-electron chi connectivity index (χ0n) is 10.1. The molecule has 5 N–H and O–H groups in total. The molecule has 0 radical (unpaired) electrons. The number of carbonyl (C=O) groups is 2. The molecule has 0 saturated heterocycles. The highest BCUT2D eigenvalue weighted by molar-refractivity contribution is 5.88. The van der Waals surface area contributed by atoms with E-state index in [1.165, 1.54) is 0 Å². The molecule has 0 spiro atoms. The largest absolute Gasteiger partial charge is 0.481 e. The van der Waals surface area contributed by atoms with Crippen molar-refractivity contribution in [2.75, 3.05) is 10.6 Å². The Balaban J connectivity index is 2.55. The standard InChI is InChI=1S/C12H17N3O3/c1-8(5-6-11(16)17)14-9-3-2-4-10(7-9)15-12(13)18/h2-4,7-8,14H,5-6H2,1H3,(H,16,17)(H3,13,15,18). The molecule has 1 aromatic rings. The first kappa shape index (κ1) is 13.8. The number of carbonyl (C=O) groups excluding carboxylic acids is 1. The predicted octanol–water partition coefficient (Wildman–Crippen LogP) is 1.84. The third-order valence-electron chi connectivity index (χ3n) is 2.33. The molecule has 98 valence electrons. The Morgan fingerprint density at radius 2 is 2.06 bits per heavy atom. The van der Waals surface area contributed by atoms with Gasteiger partial charge in [0.2, 0.25) is 0 Å². The minimum Gasteiger partial charge on any atom is -0.481 e. The molecule has 6 nitrogen and oxygen atoms in total. The van der Waals surface area contributed by atoms with E-state index < -0.39 is 12.0 Å². The lowest BCUT2D eigenvalue weighted by atomic mass is 10.1. The van der Waals surface area contributed by atoms with Crippen molar-refractivity contribution in [3.05, 3.63) is 24.3 Å². The third kappa shape index (κ3) is 5.20. The van der Waals surface area contributed by atoms with E-state index >= 15 is 0 Å². The van der Waals surface area contributed by atoms with Gasteiger partial charge < -0.3 is 21.5 Å². The van der Waals surface area contributed by atoms with E-state index in [0.29, 0.717) is 12.1 Å². The van der Waals surface area contributed by atoms with E-state index in [-0.39, 0.29) is 12.5 Å². The number of nitrogens with two attached hydrogens (primary N) is 1. The molecule has 0 aromatic heterocycles. The molecular weight excluding hydrogens is 234 g/mol. The number of benzene rings is 1. The first-order valence-corrected chi connectivity index (χ1v) is 5.62. The molecule has 1 atom stereocenters. The maximum Gasteiger partial charge on any atom is 0.316 e. The van der Waals surface area contributed by atoms with Gasteiger partial charge in [-0.1, -0.05) is 6.07 Å². The van der Waals surface area contributed by atoms with Crippen molar-refractivity contribution in [3.63, 3.8) is 0 Å². The van der Waals surface area contributed by atoms with Crippen molar-refractivity contribution in [1.29, 1.82) is 0 Å². The van der Waals surface area contributed by atoms with Crippen LogP contribution in [0.4, 0.5) is 16.2 Å². The van der Waals surface area contributed by atoms with Gasteiger partial charge in [0, 0.05) is 23.8 Å². The fraction of sp³-hybridized carbons (Fsp3) is 0.333. The maximum absolute atomic E-state index is 10.7. The molecule has 0 aliphatic carbocycles. The lowest BCUT2D eigenvalue weighted by Gasteiger charge is -2.15. The van der Waals surface area contributed by atoms with Crippen molar-refractivity contribution in [1.82, 2.24) is 0 Å². The van der Waals surface area contributed by atoms with Gasteiger partial charge >= 0.3 is 12.0 Å². The number of rotatable bonds is 6. The van der Waals surface area contributed by atoms with Crippen LogP contribution in [-0.2, 0) is 4.79 Å². The van der Waals surface area contributed by atoms with Crippen LogP contribution < -0.4 is 16.4 Å². The average Bonchev–Trinajstić information content (AvgIpc) is 2.26. The number of amides is 2. The normalized spacial score (nSPS) is 11.6. The van der Waals surface area contributed by atoms with E-state index in [4.69, 9.17) is 10.8 Å². The summed E-state index contributed by atoms with van der Waals surface area (Å²) in [4.78, 5) is 21.1. The highest BCUT2D eigenvalue weighted by Crippen LogP contribution is 2.16. The van der Waals surface area contributed by atoms with Gasteiger partial charge in [0.1, 0.15) is 0 Å². The first-order valence-electron chi connectivity index (χ1n) is 5.62. The van der Waals surface area contributed by atoms with Gasteiger partial charge in [0.25, 0.3) is 0 Å². The van der Waals surface area contributed by atoms with E-state index in [2.05, 4.69) is 10.6 Å². The number of aliphatic carboxylic acids is 1. The number of hydrogen-bond acceptors (Lipinski definition) is 3. The first-order chi connectivity index (χ1) is 8.47. The Morgan fingerprint density at radius 3 is 2.67 bits per heavy atom. The minimum absolute atomic E-state index is 0.0323. The van der Waals surface area contributed by atoms with Crippen LogP contribution in [0.3, 0.4) is 0 Å². The second kappa shape index (κ2) is 6.48. The van der Waals surface area contributed by atoms with E-state index in [0.717, 1.165) is 5.69 Å². The van der Waals surface area contributed by atoms with Gasteiger partial charge in [-0.25, -0.2) is 4.79 Å². The Labute approximate surface area is 105 Å². The maximum atomic E-state index is 10.7. The van der Waals surface area contributed by atoms with Gasteiger partial charge in [-0.15, -0.1) is 0 Å². The summed E-state index contributed by atoms with van der Waals surface area (Å²) in [6.45, 7) is 1.90. The topological polar surface area (TPSA) is 104 Å². The zero-order chi connectivity index (χ0) is 13.5. The summed E-state index contributed by atoms with van der Waals surface area (Å²) in [6.07, 6.45) is 0.649. The lowest BCUT2D eigenvalue weighted by Crippen LogP contribution is -2.20. The Bertz CT molecular complexity index is 434. The molecule has 0 fully saturated rings. The molecule has 0 aliphatic heterocycles. The van der Waals surface area contributed by atoms with Crippen molar-refractivity contribution >= 4 is 23.4 Å². The van der Waals surface area contributed by atoms with E-state index in [9.17, 15) is 9.59 Å². The SMILES string of the molecule is CC(CCC(=O)O)Nc1cccc(NC(N)=O)c1. The molecule has 18 heavy (non-hydrogen) atoms. The highest BCUT2D eigenvalue weighted by atomic mass is 16.4. The fourth-order valence-electron chi connectivity index (χ4n) is 1.53. The molecule has 1 aromatic carbocycles. The highest BCUT2D eigenvalue weighted by Gasteiger charge is 2.06. The monoisotopic (exact) mass is 251 g/mol. The number of anilines is 2. The zero-order valence-corrected chi connectivity index (χ0v) is 10.1. The Hall–Kier alpha value is -2.24. The van der Waals surface area contributed by atoms with Gasteiger partial charge in [-0.2, -0.15) is 0 Å². The molecule has 2 amide bonds. The van der Waals surface area contributed by atoms with Crippen molar-refractivity contribution in [2.24, 2.45) is 5.73 Å². The Kier molecular flexibility index (Phi) is 4.98. The van der Waals surface area contributed by atoms with Crippen LogP contribution in [0.5, 0.6) is 0 Å². The molecular formula is C12H17N3O3. The smallest absolute Gasteiger partial charge is 0.316 e. The number of hydrogen-bond donors (Lipinski definition) is 4. The molecule has 0 aliphatic rings. The van der Waals surface area contributed by atoms with Crippen LogP contribution in [0.1, 0.15) is 19.8 Å². The molecule has 0 heterocycles. The van der Waals surface area contributed by atoms with E-state index in [1.807, 2.05) is 13.0 Å². The van der Waals surface area contributed by atoms with Crippen LogP contribution in [0.15, 0.2) is 24.3 Å².